The van der Waals surface area contributed by atoms with Crippen molar-refractivity contribution in [3.63, 3.8) is 0 Å². The van der Waals surface area contributed by atoms with Crippen molar-refractivity contribution < 1.29 is 18.8 Å². The number of piperazine rings is 1. The van der Waals surface area contributed by atoms with Gasteiger partial charge in [0.25, 0.3) is 0 Å². The van der Waals surface area contributed by atoms with Gasteiger partial charge in [-0.1, -0.05) is 12.1 Å². The van der Waals surface area contributed by atoms with Crippen LogP contribution in [-0.2, 0) is 14.4 Å². The highest BCUT2D eigenvalue weighted by molar-refractivity contribution is 5.89. The van der Waals surface area contributed by atoms with Crippen molar-refractivity contribution in [1.82, 2.24) is 15.3 Å². The quantitative estimate of drug-likeness (QED) is 0.893. The molecule has 1 aromatic carbocycles. The summed E-state index contributed by atoms with van der Waals surface area (Å²) >= 11 is 0. The highest BCUT2D eigenvalue weighted by atomic mass is 19.1. The van der Waals surface area contributed by atoms with Gasteiger partial charge >= 0.3 is 0 Å². The van der Waals surface area contributed by atoms with Gasteiger partial charge in [0.05, 0.1) is 6.61 Å². The highest BCUT2D eigenvalue weighted by Gasteiger charge is 2.34. The first-order valence-corrected chi connectivity index (χ1v) is 7.85. The zero-order valence-electron chi connectivity index (χ0n) is 12.8. The number of carbonyl (C=O) groups excluding carboxylic acids is 2. The first-order valence-electron chi connectivity index (χ1n) is 7.85. The van der Waals surface area contributed by atoms with Crippen molar-refractivity contribution >= 4 is 11.8 Å². The molecule has 2 aliphatic rings. The van der Waals surface area contributed by atoms with E-state index in [2.05, 4.69) is 5.32 Å². The molecule has 2 aliphatic heterocycles. The summed E-state index contributed by atoms with van der Waals surface area (Å²) in [6, 6.07) is 5.07. The van der Waals surface area contributed by atoms with Gasteiger partial charge in [0.15, 0.2) is 0 Å². The molecule has 3 rings (SSSR count). The van der Waals surface area contributed by atoms with Crippen LogP contribution in [0.4, 0.5) is 4.39 Å². The van der Waals surface area contributed by atoms with E-state index >= 15 is 0 Å². The number of hydrogen-bond acceptors (Lipinski definition) is 4. The van der Waals surface area contributed by atoms with Gasteiger partial charge < -0.3 is 10.2 Å². The van der Waals surface area contributed by atoms with Crippen LogP contribution in [0.5, 0.6) is 0 Å². The first-order chi connectivity index (χ1) is 11.1. The monoisotopic (exact) mass is 321 g/mol. The second-order valence-electron chi connectivity index (χ2n) is 5.70. The molecule has 1 N–H and O–H groups in total. The molecule has 2 heterocycles. The molecule has 2 amide bonds. The Hall–Kier alpha value is -1.99. The third-order valence-corrected chi connectivity index (χ3v) is 4.10. The number of rotatable bonds is 4. The maximum atomic E-state index is 13.5. The van der Waals surface area contributed by atoms with Gasteiger partial charge in [0.1, 0.15) is 11.9 Å². The molecule has 23 heavy (non-hydrogen) atoms. The number of hydroxylamine groups is 2. The van der Waals surface area contributed by atoms with Gasteiger partial charge in [0, 0.05) is 32.6 Å². The molecule has 124 valence electrons. The maximum Gasteiger partial charge on any atom is 0.247 e. The Labute approximate surface area is 134 Å². The molecule has 2 fully saturated rings. The molecule has 1 unspecified atom stereocenters. The number of benzene rings is 1. The van der Waals surface area contributed by atoms with Crippen LogP contribution in [0.15, 0.2) is 24.3 Å². The topological polar surface area (TPSA) is 61.9 Å². The molecule has 2 saturated heterocycles. The minimum Gasteiger partial charge on any atom is -0.352 e. The van der Waals surface area contributed by atoms with E-state index in [9.17, 15) is 14.0 Å². The number of nitrogens with one attached hydrogen (secondary N) is 1. The second kappa shape index (κ2) is 7.06. The van der Waals surface area contributed by atoms with E-state index in [1.54, 1.807) is 17.2 Å². The predicted molar refractivity (Wildman–Crippen MR) is 80.6 cm³/mol. The summed E-state index contributed by atoms with van der Waals surface area (Å²) in [4.78, 5) is 31.7. The minimum absolute atomic E-state index is 0.121. The predicted octanol–water partition coefficient (Wildman–Crippen LogP) is 0.853. The Bertz CT molecular complexity index is 590. The van der Waals surface area contributed by atoms with Crippen LogP contribution in [-0.4, -0.2) is 54.6 Å². The van der Waals surface area contributed by atoms with Crippen LogP contribution in [0.3, 0.4) is 0 Å². The number of hydrogen-bond donors (Lipinski definition) is 1. The van der Waals surface area contributed by atoms with E-state index < -0.39 is 11.9 Å². The van der Waals surface area contributed by atoms with Crippen LogP contribution >= 0.6 is 0 Å². The lowest BCUT2D eigenvalue weighted by Gasteiger charge is -2.35. The van der Waals surface area contributed by atoms with E-state index in [0.29, 0.717) is 31.8 Å². The Morgan fingerprint density at radius 3 is 3.00 bits per heavy atom. The molecule has 1 aromatic rings. The largest absolute Gasteiger partial charge is 0.352 e. The molecule has 0 aliphatic carbocycles. The Morgan fingerprint density at radius 2 is 2.26 bits per heavy atom. The Kier molecular flexibility index (Phi) is 4.88. The fourth-order valence-electron chi connectivity index (χ4n) is 2.98. The molecule has 1 atom stereocenters. The van der Waals surface area contributed by atoms with E-state index in [1.165, 1.54) is 17.0 Å². The first kappa shape index (κ1) is 15.9. The minimum atomic E-state index is -0.772. The number of amides is 2. The second-order valence-corrected chi connectivity index (χ2v) is 5.70. The van der Waals surface area contributed by atoms with Gasteiger partial charge in [-0.05, 0) is 24.1 Å². The van der Waals surface area contributed by atoms with Crippen LogP contribution in [0, 0.1) is 5.82 Å². The van der Waals surface area contributed by atoms with Crippen molar-refractivity contribution in [2.24, 2.45) is 0 Å². The van der Waals surface area contributed by atoms with Crippen molar-refractivity contribution in [2.45, 2.75) is 18.9 Å². The van der Waals surface area contributed by atoms with Gasteiger partial charge in [-0.15, -0.1) is 0 Å². The summed E-state index contributed by atoms with van der Waals surface area (Å²) in [6.45, 7) is 2.85. The molecule has 0 bridgehead atoms. The van der Waals surface area contributed by atoms with Crippen molar-refractivity contribution in [3.8, 4) is 0 Å². The fraction of sp³-hybridized carbons (Fsp3) is 0.500. The molecule has 0 radical (unpaired) electrons. The summed E-state index contributed by atoms with van der Waals surface area (Å²) in [5, 5.41) is 4.52. The third-order valence-electron chi connectivity index (χ3n) is 4.10. The van der Waals surface area contributed by atoms with Gasteiger partial charge in [0.2, 0.25) is 11.8 Å². The normalized spacial score (nSPS) is 22.2. The summed E-state index contributed by atoms with van der Waals surface area (Å²) in [5.41, 5.74) is 0.493. The van der Waals surface area contributed by atoms with Crippen molar-refractivity contribution in [3.05, 3.63) is 35.6 Å². The summed E-state index contributed by atoms with van der Waals surface area (Å²) < 4.78 is 13.5. The number of nitrogens with zero attached hydrogens (tertiary/aromatic N) is 2. The maximum absolute atomic E-state index is 13.5. The van der Waals surface area contributed by atoms with Gasteiger partial charge in [-0.2, -0.15) is 5.06 Å². The van der Waals surface area contributed by atoms with Crippen LogP contribution in [0.1, 0.15) is 24.4 Å². The summed E-state index contributed by atoms with van der Waals surface area (Å²) in [7, 11) is 0. The van der Waals surface area contributed by atoms with E-state index in [0.717, 1.165) is 13.0 Å². The van der Waals surface area contributed by atoms with E-state index in [4.69, 9.17) is 4.84 Å². The van der Waals surface area contributed by atoms with Crippen LogP contribution < -0.4 is 5.32 Å². The molecule has 7 heteroatoms. The van der Waals surface area contributed by atoms with E-state index in [-0.39, 0.29) is 18.2 Å². The van der Waals surface area contributed by atoms with Gasteiger partial charge in [-0.3, -0.25) is 14.4 Å². The van der Waals surface area contributed by atoms with Crippen molar-refractivity contribution in [1.29, 1.82) is 0 Å². The Morgan fingerprint density at radius 1 is 1.39 bits per heavy atom. The SMILES string of the molecule is O=C1NCCN(C(=O)CCN2CCCO2)C1c1cccc(F)c1. The molecule has 0 saturated carbocycles. The summed E-state index contributed by atoms with van der Waals surface area (Å²) in [5.74, 6) is -0.809. The van der Waals surface area contributed by atoms with E-state index in [1.807, 2.05) is 0 Å². The zero-order valence-corrected chi connectivity index (χ0v) is 12.8. The standard InChI is InChI=1S/C16H20FN3O3/c17-13-4-1-3-12(11-13)15-16(22)18-6-9-20(15)14(21)5-8-19-7-2-10-23-19/h1,3-4,11,15H,2,5-10H2,(H,18,22). The molecule has 0 aromatic heterocycles. The molecule has 0 spiro atoms. The lowest BCUT2D eigenvalue weighted by Crippen LogP contribution is -2.52. The third kappa shape index (κ3) is 3.68. The average molecular weight is 321 g/mol. The molecular formula is C16H20FN3O3. The van der Waals surface area contributed by atoms with Crippen molar-refractivity contribution in [2.75, 3.05) is 32.8 Å². The highest BCUT2D eigenvalue weighted by Crippen LogP contribution is 2.24. The van der Waals surface area contributed by atoms with Gasteiger partial charge in [-0.25, -0.2) is 4.39 Å². The summed E-state index contributed by atoms with van der Waals surface area (Å²) in [6.07, 6.45) is 1.24. The lowest BCUT2D eigenvalue weighted by atomic mass is 10.0. The lowest BCUT2D eigenvalue weighted by molar-refractivity contribution is -0.147. The Balaban J connectivity index is 1.72. The smallest absolute Gasteiger partial charge is 0.247 e. The average Bonchev–Trinajstić information content (AvgIpc) is 3.05. The number of halogens is 1. The molecular weight excluding hydrogens is 301 g/mol. The van der Waals surface area contributed by atoms with Crippen LogP contribution in [0.25, 0.3) is 0 Å². The fourth-order valence-corrected chi connectivity index (χ4v) is 2.98. The zero-order chi connectivity index (χ0) is 16.2. The number of carbonyl (C=O) groups is 2. The van der Waals surface area contributed by atoms with Crippen LogP contribution in [0.2, 0.25) is 0 Å². The molecule has 6 nitrogen and oxygen atoms in total.